The number of benzene rings is 2. The van der Waals surface area contributed by atoms with Gasteiger partial charge in [0.15, 0.2) is 0 Å². The fraction of sp³-hybridized carbons (Fsp3) is 0.483. The number of allylic oxidation sites excluding steroid dienone is 1. The van der Waals surface area contributed by atoms with Gasteiger partial charge in [0, 0.05) is 56.4 Å². The van der Waals surface area contributed by atoms with Gasteiger partial charge in [0.05, 0.1) is 4.90 Å². The lowest BCUT2D eigenvalue weighted by molar-refractivity contribution is -0.0105. The zero-order valence-corrected chi connectivity index (χ0v) is 23.5. The Morgan fingerprint density at radius 3 is 2.32 bits per heavy atom. The minimum Gasteiger partial charge on any atom is -0.333 e. The Bertz CT molecular complexity index is 1300. The number of halogens is 2. The van der Waals surface area contributed by atoms with Crippen molar-refractivity contribution in [1.82, 2.24) is 14.1 Å². The predicted molar refractivity (Wildman–Crippen MR) is 147 cm³/mol. The van der Waals surface area contributed by atoms with E-state index in [1.54, 1.807) is 24.3 Å². The van der Waals surface area contributed by atoms with Crippen LogP contribution in [0.3, 0.4) is 0 Å². The van der Waals surface area contributed by atoms with E-state index in [0.717, 1.165) is 12.3 Å². The summed E-state index contributed by atoms with van der Waals surface area (Å²) in [5.41, 5.74) is 2.07. The Labute approximate surface area is 230 Å². The number of sulfonamides is 1. The number of hydrogen-bond donors (Lipinski definition) is 0. The molecule has 2 aromatic rings. The molecule has 38 heavy (non-hydrogen) atoms. The molecule has 2 fully saturated rings. The van der Waals surface area contributed by atoms with Crippen LogP contribution < -0.4 is 0 Å². The maximum absolute atomic E-state index is 13.5. The summed E-state index contributed by atoms with van der Waals surface area (Å²) in [5, 5.41) is 0.498. The fourth-order valence-corrected chi connectivity index (χ4v) is 7.66. The van der Waals surface area contributed by atoms with Crippen LogP contribution in [0.25, 0.3) is 0 Å². The highest BCUT2D eigenvalue weighted by molar-refractivity contribution is 7.89. The first-order valence-electron chi connectivity index (χ1n) is 13.3. The average Bonchev–Trinajstić information content (AvgIpc) is 2.91. The van der Waals surface area contributed by atoms with Crippen molar-refractivity contribution in [3.05, 3.63) is 76.6 Å². The largest absolute Gasteiger partial charge is 0.333 e. The van der Waals surface area contributed by atoms with E-state index in [-0.39, 0.29) is 22.0 Å². The van der Waals surface area contributed by atoms with Gasteiger partial charge in [0.25, 0.3) is 5.91 Å². The summed E-state index contributed by atoms with van der Waals surface area (Å²) in [5.74, 6) is 0.746. The van der Waals surface area contributed by atoms with Gasteiger partial charge in [-0.15, -0.1) is 0 Å². The summed E-state index contributed by atoms with van der Waals surface area (Å²) in [4.78, 5) is 17.8. The maximum atomic E-state index is 13.5. The summed E-state index contributed by atoms with van der Waals surface area (Å²) >= 11 is 5.92. The van der Waals surface area contributed by atoms with E-state index in [1.807, 2.05) is 4.90 Å². The number of carbonyl (C=O) groups is 1. The van der Waals surface area contributed by atoms with Gasteiger partial charge in [-0.05, 0) is 78.6 Å². The van der Waals surface area contributed by atoms with Gasteiger partial charge in [-0.1, -0.05) is 37.1 Å². The third-order valence-corrected chi connectivity index (χ3v) is 11.0. The second kappa shape index (κ2) is 10.7. The van der Waals surface area contributed by atoms with Gasteiger partial charge >= 0.3 is 0 Å². The second-order valence-corrected chi connectivity index (χ2v) is 13.6. The molecule has 1 heterocycles. The van der Waals surface area contributed by atoms with Crippen LogP contribution in [0.15, 0.2) is 65.1 Å². The van der Waals surface area contributed by atoms with Crippen LogP contribution in [0.2, 0.25) is 5.02 Å². The van der Waals surface area contributed by atoms with Crippen molar-refractivity contribution in [2.24, 2.45) is 17.3 Å². The Balaban J connectivity index is 1.23. The molecule has 1 amide bonds. The van der Waals surface area contributed by atoms with Gasteiger partial charge in [0.1, 0.15) is 5.82 Å². The zero-order valence-electron chi connectivity index (χ0n) is 21.9. The van der Waals surface area contributed by atoms with E-state index in [0.29, 0.717) is 62.3 Å². The van der Waals surface area contributed by atoms with Crippen LogP contribution in [-0.4, -0.2) is 74.2 Å². The molecule has 6 rings (SSSR count). The van der Waals surface area contributed by atoms with Crippen molar-refractivity contribution in [1.29, 1.82) is 0 Å². The molecule has 0 N–H and O–H groups in total. The number of hydrogen-bond acceptors (Lipinski definition) is 4. The molecule has 1 saturated carbocycles. The Hall–Kier alpha value is -2.26. The number of carbonyl (C=O) groups excluding carboxylic acids is 1. The number of rotatable bonds is 8. The van der Waals surface area contributed by atoms with Gasteiger partial charge in [-0.3, -0.25) is 9.69 Å². The summed E-state index contributed by atoms with van der Waals surface area (Å²) < 4.78 is 41.1. The monoisotopic (exact) mass is 559 g/mol. The van der Waals surface area contributed by atoms with Crippen LogP contribution in [-0.2, 0) is 10.0 Å². The van der Waals surface area contributed by atoms with Gasteiger partial charge < -0.3 is 4.90 Å². The van der Waals surface area contributed by atoms with Crippen molar-refractivity contribution in [3.8, 4) is 0 Å². The fourth-order valence-electron chi connectivity index (χ4n) is 6.11. The molecule has 4 aliphatic rings. The van der Waals surface area contributed by atoms with Crippen LogP contribution >= 0.6 is 11.6 Å². The lowest BCUT2D eigenvalue weighted by atomic mass is 9.49. The Morgan fingerprint density at radius 1 is 1.05 bits per heavy atom. The van der Waals surface area contributed by atoms with Gasteiger partial charge in [0.2, 0.25) is 10.0 Å². The van der Waals surface area contributed by atoms with Crippen molar-refractivity contribution in [2.45, 2.75) is 31.6 Å². The van der Waals surface area contributed by atoms with Crippen LogP contribution in [0.4, 0.5) is 4.39 Å². The third kappa shape index (κ3) is 5.41. The first-order chi connectivity index (χ1) is 18.1. The van der Waals surface area contributed by atoms with Crippen molar-refractivity contribution in [2.75, 3.05) is 45.8 Å². The second-order valence-electron chi connectivity index (χ2n) is 11.3. The lowest BCUT2D eigenvalue weighted by Crippen LogP contribution is -2.52. The smallest absolute Gasteiger partial charge is 0.254 e. The number of nitrogens with zero attached hydrogens (tertiary/aromatic N) is 3. The molecule has 2 atom stereocenters. The third-order valence-electron chi connectivity index (χ3n) is 8.80. The van der Waals surface area contributed by atoms with E-state index in [4.69, 9.17) is 11.6 Å². The van der Waals surface area contributed by atoms with E-state index in [1.165, 1.54) is 40.6 Å². The highest BCUT2D eigenvalue weighted by atomic mass is 35.5. The Morgan fingerprint density at radius 2 is 1.71 bits per heavy atom. The molecule has 1 saturated heterocycles. The summed E-state index contributed by atoms with van der Waals surface area (Å²) in [6.45, 7) is 8.34. The quantitative estimate of drug-likeness (QED) is 0.431. The van der Waals surface area contributed by atoms with Gasteiger partial charge in [-0.2, -0.15) is 4.31 Å². The summed E-state index contributed by atoms with van der Waals surface area (Å²) in [7, 11) is -3.57. The van der Waals surface area contributed by atoms with E-state index in [2.05, 4.69) is 24.8 Å². The molecule has 9 heteroatoms. The first-order valence-corrected chi connectivity index (χ1v) is 15.1. The normalized spacial score (nSPS) is 23.4. The van der Waals surface area contributed by atoms with Crippen LogP contribution in [0.5, 0.6) is 0 Å². The standard InChI is InChI=1S/C29H35ClFN3O3S/c1-29(2)23-6-3-22(27(29)19-23)20-33(28(35)21-4-9-25(31)10-5-21)16-13-32-14-17-34(18-15-32)38(36,37)26-11-7-24(30)8-12-26/h3-5,7-12,23,27H,6,13-20H2,1-2H3. The highest BCUT2D eigenvalue weighted by Crippen LogP contribution is 2.59. The zero-order chi connectivity index (χ0) is 27.1. The van der Waals surface area contributed by atoms with Gasteiger partial charge in [-0.25, -0.2) is 12.8 Å². The molecule has 0 spiro atoms. The molecule has 6 nitrogen and oxygen atoms in total. The van der Waals surface area contributed by atoms with E-state index in [9.17, 15) is 17.6 Å². The first kappa shape index (κ1) is 27.3. The minimum absolute atomic E-state index is 0.103. The molecule has 1 aliphatic heterocycles. The number of amides is 1. The number of piperazine rings is 1. The molecule has 0 aromatic heterocycles. The molecular weight excluding hydrogens is 525 g/mol. The van der Waals surface area contributed by atoms with Crippen LogP contribution in [0.1, 0.15) is 37.0 Å². The summed E-state index contributed by atoms with van der Waals surface area (Å²) in [6, 6.07) is 12.0. The Kier molecular flexibility index (Phi) is 7.70. The maximum Gasteiger partial charge on any atom is 0.254 e. The highest BCUT2D eigenvalue weighted by Gasteiger charge is 2.51. The minimum atomic E-state index is -3.57. The molecule has 2 unspecified atom stereocenters. The summed E-state index contributed by atoms with van der Waals surface area (Å²) in [6.07, 6.45) is 4.55. The molecular formula is C29H35ClFN3O3S. The molecule has 204 valence electrons. The topological polar surface area (TPSA) is 60.9 Å². The van der Waals surface area contributed by atoms with E-state index < -0.39 is 10.0 Å². The van der Waals surface area contributed by atoms with Crippen molar-refractivity contribution < 1.29 is 17.6 Å². The average molecular weight is 560 g/mol. The van der Waals surface area contributed by atoms with Crippen molar-refractivity contribution >= 4 is 27.5 Å². The molecule has 0 radical (unpaired) electrons. The SMILES string of the molecule is CC1(C)C2CC=C(CN(CCN3CCN(S(=O)(=O)c4ccc(Cl)cc4)CC3)C(=O)c3ccc(F)cc3)C1C2. The lowest BCUT2D eigenvalue weighted by Gasteiger charge is -2.57. The molecule has 2 bridgehead atoms. The number of fused-ring (bicyclic) bond motifs is 1. The van der Waals surface area contributed by atoms with E-state index >= 15 is 0 Å². The van der Waals surface area contributed by atoms with Crippen molar-refractivity contribution in [3.63, 3.8) is 0 Å². The van der Waals surface area contributed by atoms with Crippen LogP contribution in [0, 0.1) is 23.1 Å². The molecule has 2 aromatic carbocycles. The molecule has 3 aliphatic carbocycles. The predicted octanol–water partition coefficient (Wildman–Crippen LogP) is 4.92.